The zero-order chi connectivity index (χ0) is 46.5. The third-order valence-corrected chi connectivity index (χ3v) is 13.4. The highest BCUT2D eigenvalue weighted by Gasteiger charge is 2.43. The van der Waals surface area contributed by atoms with E-state index in [-0.39, 0.29) is 23.7 Å². The van der Waals surface area contributed by atoms with Crippen molar-refractivity contribution < 1.29 is 62.8 Å². The van der Waals surface area contributed by atoms with Gasteiger partial charge in [0.1, 0.15) is 34.5 Å². The van der Waals surface area contributed by atoms with E-state index < -0.39 is 46.7 Å². The van der Waals surface area contributed by atoms with Crippen LogP contribution in [0.25, 0.3) is 17.4 Å². The van der Waals surface area contributed by atoms with Crippen molar-refractivity contribution >= 4 is 41.8 Å². The first-order chi connectivity index (χ1) is 29.6. The lowest BCUT2D eigenvalue weighted by molar-refractivity contribution is 0.00371. The Kier molecular flexibility index (Phi) is 19.1. The van der Waals surface area contributed by atoms with Crippen LogP contribution >= 0.6 is 0 Å². The fourth-order valence-corrected chi connectivity index (χ4v) is 9.08. The molecule has 352 valence electrons. The van der Waals surface area contributed by atoms with E-state index in [0.29, 0.717) is 108 Å². The Labute approximate surface area is 373 Å². The van der Waals surface area contributed by atoms with Gasteiger partial charge in [0.15, 0.2) is 6.54 Å². The number of sulfone groups is 1. The molecule has 1 unspecified atom stereocenters. The molecule has 3 N–H and O–H groups in total. The second-order valence-corrected chi connectivity index (χ2v) is 22.1. The summed E-state index contributed by atoms with van der Waals surface area (Å²) in [6.45, 7) is 11.9. The van der Waals surface area contributed by atoms with E-state index in [0.717, 1.165) is 22.2 Å². The Bertz CT molecular complexity index is 2420. The summed E-state index contributed by atoms with van der Waals surface area (Å²) in [5.74, 6) is 0.825. The minimum atomic E-state index is -4.53. The zero-order valence-electron chi connectivity index (χ0n) is 37.2. The molecule has 1 aromatic rings. The maximum Gasteiger partial charge on any atom is 0.294 e. The number of ether oxygens (including phenoxy) is 4. The van der Waals surface area contributed by atoms with Crippen molar-refractivity contribution in [2.45, 2.75) is 69.1 Å². The highest BCUT2D eigenvalue weighted by atomic mass is 32.2. The number of methoxy groups -OCH3 is 1. The van der Waals surface area contributed by atoms with Crippen molar-refractivity contribution in [1.82, 2.24) is 4.58 Å². The Hall–Kier alpha value is -3.50. The summed E-state index contributed by atoms with van der Waals surface area (Å²) in [7, 11) is -10.4. The van der Waals surface area contributed by atoms with Gasteiger partial charge in [0.05, 0.1) is 62.1 Å². The quantitative estimate of drug-likeness (QED) is 0.0571. The number of hydrogen-bond donors (Lipinski definition) is 3. The lowest BCUT2D eigenvalue weighted by Gasteiger charge is -2.30. The van der Waals surface area contributed by atoms with Crippen molar-refractivity contribution in [1.29, 1.82) is 0 Å². The molecule has 0 radical (unpaired) electrons. The minimum absolute atomic E-state index is 0.0536. The lowest BCUT2D eigenvalue weighted by atomic mass is 9.77. The topological polar surface area (TPSA) is 219 Å². The second kappa shape index (κ2) is 23.1. The molecule has 19 heteroatoms. The van der Waals surface area contributed by atoms with Gasteiger partial charge in [-0.25, -0.2) is 13.0 Å². The van der Waals surface area contributed by atoms with Gasteiger partial charge >= 0.3 is 0 Å². The van der Waals surface area contributed by atoms with Gasteiger partial charge in [-0.05, 0) is 73.7 Å². The van der Waals surface area contributed by atoms with Crippen molar-refractivity contribution in [3.05, 3.63) is 82.6 Å². The van der Waals surface area contributed by atoms with Gasteiger partial charge in [0, 0.05) is 66.8 Å². The van der Waals surface area contributed by atoms with Crippen LogP contribution < -0.4 is 14.8 Å². The van der Waals surface area contributed by atoms with E-state index in [4.69, 9.17) is 23.4 Å². The number of anilines is 1. The van der Waals surface area contributed by atoms with E-state index in [1.807, 2.05) is 79.7 Å². The van der Waals surface area contributed by atoms with Crippen LogP contribution in [0.5, 0.6) is 0 Å². The van der Waals surface area contributed by atoms with E-state index >= 15 is 0 Å². The van der Waals surface area contributed by atoms with Crippen molar-refractivity contribution in [3.8, 4) is 11.3 Å². The van der Waals surface area contributed by atoms with Crippen LogP contribution in [0.15, 0.2) is 69.6 Å². The molecule has 2 aliphatic heterocycles. The smallest absolute Gasteiger partial charge is 0.294 e. The summed E-state index contributed by atoms with van der Waals surface area (Å²) >= 11 is 0. The zero-order valence-corrected chi connectivity index (χ0v) is 39.7. The van der Waals surface area contributed by atoms with Crippen molar-refractivity contribution in [2.75, 3.05) is 102 Å². The van der Waals surface area contributed by atoms with Gasteiger partial charge < -0.3 is 33.4 Å². The molecule has 1 atom stereocenters. The highest BCUT2D eigenvalue weighted by molar-refractivity contribution is 7.90. The van der Waals surface area contributed by atoms with Gasteiger partial charge in [-0.15, -0.1) is 0 Å². The average molecular weight is 942 g/mol. The van der Waals surface area contributed by atoms with Gasteiger partial charge in [-0.1, -0.05) is 32.9 Å². The molecule has 1 aromatic carbocycles. The summed E-state index contributed by atoms with van der Waals surface area (Å²) in [5.41, 5.74) is 2.50. The predicted octanol–water partition coefficient (Wildman–Crippen LogP) is 4.56. The number of benzene rings is 2. The summed E-state index contributed by atoms with van der Waals surface area (Å²) < 4.78 is 122. The van der Waals surface area contributed by atoms with Gasteiger partial charge in [0.25, 0.3) is 20.2 Å². The first kappa shape index (κ1) is 52.1. The van der Waals surface area contributed by atoms with E-state index in [9.17, 15) is 39.5 Å². The molecule has 0 bridgehead atoms. The van der Waals surface area contributed by atoms with Crippen LogP contribution in [-0.2, 0) is 59.9 Å². The number of rotatable bonds is 26. The van der Waals surface area contributed by atoms with E-state index in [1.165, 1.54) is 18.4 Å². The van der Waals surface area contributed by atoms with Crippen LogP contribution in [0, 0.1) is 0 Å². The van der Waals surface area contributed by atoms with Crippen LogP contribution in [0.1, 0.15) is 70.3 Å². The third-order valence-electron chi connectivity index (χ3n) is 10.7. The Morgan fingerprint density at radius 3 is 2.10 bits per heavy atom. The van der Waals surface area contributed by atoms with E-state index in [1.54, 1.807) is 13.2 Å². The van der Waals surface area contributed by atoms with Gasteiger partial charge in [0.2, 0.25) is 5.36 Å². The number of nitrogens with zero attached hydrogens (tertiary/aromatic N) is 2. The number of aliphatic hydroxyl groups is 1. The second-order valence-electron chi connectivity index (χ2n) is 16.8. The molecule has 0 aromatic heterocycles. The maximum atomic E-state index is 12.3. The molecule has 1 aliphatic carbocycles. The van der Waals surface area contributed by atoms with Gasteiger partial charge in [-0.2, -0.15) is 16.8 Å². The first-order valence-electron chi connectivity index (χ1n) is 21.0. The van der Waals surface area contributed by atoms with Crippen LogP contribution in [-0.4, -0.2) is 137 Å². The Morgan fingerprint density at radius 2 is 1.49 bits per heavy atom. The number of fused-ring (bicyclic) bond motifs is 2. The standard InChI is InChI=1S/C44H64N2O14S3/c1-43(2,3)42-31-34(11-7-12-41-44(4,17-8-21-47)38-33-36(63(53,54)55)14-16-39(38)46(41)19-10-29-61(6,48)49)37-15-13-35(32-40(37)60-42)45(18-9-30-62(50,51)52)20-22-57-25-26-59-28-27-58-24-23-56-5/h7,11-16,31-33,47H,8-10,17-30H2,1-6H3,(H-,50,51,52,53,54,55)/p+1. The Morgan fingerprint density at radius 1 is 0.825 bits per heavy atom. The molecule has 63 heavy (non-hydrogen) atoms. The summed E-state index contributed by atoms with van der Waals surface area (Å²) in [4.78, 5) is 1.72. The number of hydrogen-bond acceptors (Lipinski definition) is 13. The predicted molar refractivity (Wildman–Crippen MR) is 243 cm³/mol. The van der Waals surface area contributed by atoms with Crippen molar-refractivity contribution in [2.24, 2.45) is 0 Å². The summed E-state index contributed by atoms with van der Waals surface area (Å²) in [5, 5.41) is 10.7. The SMILES string of the molecule is COCCOCCOCCOCC[N+](CCCS(=O)(=O)O)=c1ccc2c(/C=C/C=C3\N(CCCS(C)(=O)=O)c4ccc(S(=O)(=O)O)cc4C3(C)CCCO)cc(C(C)(C)C)oc-2c1. The fourth-order valence-electron chi connectivity index (χ4n) is 7.43. The molecule has 2 heterocycles. The first-order valence-corrected chi connectivity index (χ1v) is 26.1. The molecule has 3 aliphatic rings. The molecule has 0 spiro atoms. The molecular weight excluding hydrogens is 877 g/mol. The average Bonchev–Trinajstić information content (AvgIpc) is 3.42. The lowest BCUT2D eigenvalue weighted by Crippen LogP contribution is -2.35. The van der Waals surface area contributed by atoms with Crippen LogP contribution in [0.2, 0.25) is 0 Å². The Balaban J connectivity index is 1.74. The third kappa shape index (κ3) is 15.9. The molecule has 0 amide bonds. The van der Waals surface area contributed by atoms with Gasteiger partial charge in [-0.3, -0.25) is 9.11 Å². The molecular formula is C44H65N2O14S3+. The number of allylic oxidation sites excluding steroid dienone is 3. The van der Waals surface area contributed by atoms with E-state index in [2.05, 4.69) is 0 Å². The molecule has 0 saturated carbocycles. The largest absolute Gasteiger partial charge is 0.460 e. The summed E-state index contributed by atoms with van der Waals surface area (Å²) in [6.07, 6.45) is 8.24. The summed E-state index contributed by atoms with van der Waals surface area (Å²) in [6, 6.07) is 12.1. The molecule has 0 fully saturated rings. The van der Waals surface area contributed by atoms with Crippen LogP contribution in [0.4, 0.5) is 5.69 Å². The monoisotopic (exact) mass is 941 g/mol. The fraction of sp³-hybridized carbons (Fsp3) is 0.568. The normalized spacial score (nSPS) is 17.3. The van der Waals surface area contributed by atoms with Crippen molar-refractivity contribution in [3.63, 3.8) is 0 Å². The molecule has 4 rings (SSSR count). The number of aliphatic hydroxyl groups excluding tert-OH is 1. The highest BCUT2D eigenvalue weighted by Crippen LogP contribution is 2.51. The minimum Gasteiger partial charge on any atom is -0.460 e. The maximum absolute atomic E-state index is 12.3. The molecule has 0 saturated heterocycles. The van der Waals surface area contributed by atoms with Crippen LogP contribution in [0.3, 0.4) is 0 Å². The molecule has 16 nitrogen and oxygen atoms in total.